The number of nitrogens with zero attached hydrogens (tertiary/aromatic N) is 6. The highest BCUT2D eigenvalue weighted by Gasteiger charge is 2.30. The molecule has 7 heteroatoms. The summed E-state index contributed by atoms with van der Waals surface area (Å²) in [6.45, 7) is 11.8. The number of hydrogen-bond acceptors (Lipinski definition) is 6. The van der Waals surface area contributed by atoms with E-state index in [4.69, 9.17) is 6.57 Å². The smallest absolute Gasteiger partial charge is 0.266 e. The number of nitrogens with one attached hydrogen (secondary N) is 1. The van der Waals surface area contributed by atoms with E-state index in [2.05, 4.69) is 22.3 Å². The normalized spacial score (nSPS) is 20.5. The van der Waals surface area contributed by atoms with Crippen LogP contribution in [0.15, 0.2) is 44.8 Å². The quantitative estimate of drug-likeness (QED) is 0.275. The molecule has 0 aliphatic heterocycles. The molecule has 0 radical (unpaired) electrons. The second kappa shape index (κ2) is 12.7. The molecule has 170 valence electrons. The van der Waals surface area contributed by atoms with Gasteiger partial charge in [-0.15, -0.1) is 0 Å². The summed E-state index contributed by atoms with van der Waals surface area (Å²) in [5.74, 6) is 0.0184. The van der Waals surface area contributed by atoms with Crippen molar-refractivity contribution in [3.63, 3.8) is 0 Å². The molecule has 0 aromatic rings. The van der Waals surface area contributed by atoms with Crippen molar-refractivity contribution in [3.05, 3.63) is 56.2 Å². The Kier molecular flexibility index (Phi) is 9.67. The summed E-state index contributed by atoms with van der Waals surface area (Å²) in [4.78, 5) is 3.28. The number of unbranched alkanes of at least 4 members (excludes halogenated alkanes) is 4. The van der Waals surface area contributed by atoms with Gasteiger partial charge in [0.2, 0.25) is 0 Å². The fraction of sp³-hybridized carbons (Fsp3) is 0.481. The zero-order valence-corrected chi connectivity index (χ0v) is 19.7. The van der Waals surface area contributed by atoms with Crippen molar-refractivity contribution >= 4 is 0 Å². The van der Waals surface area contributed by atoms with Crippen LogP contribution in [-0.2, 0) is 0 Å². The minimum absolute atomic E-state index is 0.00580. The van der Waals surface area contributed by atoms with E-state index in [0.717, 1.165) is 62.8 Å². The van der Waals surface area contributed by atoms with Crippen LogP contribution in [0.1, 0.15) is 65.2 Å². The Morgan fingerprint density at radius 2 is 1.47 bits per heavy atom. The molecule has 2 aliphatic rings. The highest BCUT2D eigenvalue weighted by Crippen LogP contribution is 2.40. The predicted octanol–water partition coefficient (Wildman–Crippen LogP) is 5.63. The van der Waals surface area contributed by atoms with E-state index in [1.54, 1.807) is 0 Å². The first-order valence-electron chi connectivity index (χ1n) is 11.5. The van der Waals surface area contributed by atoms with Crippen molar-refractivity contribution in [1.29, 1.82) is 26.3 Å². The Morgan fingerprint density at radius 3 is 2.06 bits per heavy atom. The molecule has 0 aromatic heterocycles. The van der Waals surface area contributed by atoms with Crippen LogP contribution in [0, 0.1) is 75.1 Å². The lowest BCUT2D eigenvalue weighted by molar-refractivity contribution is 0.581. The van der Waals surface area contributed by atoms with E-state index < -0.39 is 0 Å². The van der Waals surface area contributed by atoms with Gasteiger partial charge in [-0.25, -0.2) is 10.1 Å². The van der Waals surface area contributed by atoms with Crippen LogP contribution in [0.3, 0.4) is 0 Å². The SMILES string of the molecule is [C-]#[N+]/C(C#N)=C1/C(C#N)=C(NCCCCCCCC2=C(C#N)C(=C(C#N)C#N)C(C)C2)CC1C. The van der Waals surface area contributed by atoms with Gasteiger partial charge in [0.15, 0.2) is 0 Å². The minimum Gasteiger partial charge on any atom is -0.387 e. The molecule has 0 heterocycles. The Labute approximate surface area is 202 Å². The maximum Gasteiger partial charge on any atom is 0.266 e. The van der Waals surface area contributed by atoms with E-state index in [9.17, 15) is 26.3 Å². The third kappa shape index (κ3) is 5.73. The first kappa shape index (κ1) is 26.0. The van der Waals surface area contributed by atoms with Gasteiger partial charge in [-0.3, -0.25) is 0 Å². The third-order valence-corrected chi connectivity index (χ3v) is 6.43. The largest absolute Gasteiger partial charge is 0.387 e. The second-order valence-corrected chi connectivity index (χ2v) is 8.71. The molecule has 0 saturated carbocycles. The molecule has 34 heavy (non-hydrogen) atoms. The lowest BCUT2D eigenvalue weighted by Crippen LogP contribution is -2.14. The average molecular weight is 450 g/mol. The molecule has 2 aliphatic carbocycles. The van der Waals surface area contributed by atoms with Crippen molar-refractivity contribution in [2.24, 2.45) is 11.8 Å². The zero-order chi connectivity index (χ0) is 25.1. The van der Waals surface area contributed by atoms with Crippen molar-refractivity contribution in [2.45, 2.75) is 65.2 Å². The van der Waals surface area contributed by atoms with Gasteiger partial charge in [-0.1, -0.05) is 38.7 Å². The molecule has 1 N–H and O–H groups in total. The fourth-order valence-corrected chi connectivity index (χ4v) is 4.83. The lowest BCUT2D eigenvalue weighted by Gasteiger charge is -2.08. The molecule has 0 bridgehead atoms. The van der Waals surface area contributed by atoms with Gasteiger partial charge >= 0.3 is 0 Å². The van der Waals surface area contributed by atoms with Gasteiger partial charge in [-0.2, -0.15) is 21.0 Å². The number of hydrogen-bond donors (Lipinski definition) is 1. The lowest BCUT2D eigenvalue weighted by atomic mass is 9.96. The van der Waals surface area contributed by atoms with Gasteiger partial charge in [0.1, 0.15) is 17.7 Å². The number of allylic oxidation sites excluding steroid dienone is 8. The molecule has 0 saturated heterocycles. The average Bonchev–Trinajstić information content (AvgIpc) is 3.33. The maximum absolute atomic E-state index is 9.56. The van der Waals surface area contributed by atoms with Gasteiger partial charge in [0.25, 0.3) is 5.70 Å². The monoisotopic (exact) mass is 449 g/mol. The molecule has 2 unspecified atom stereocenters. The van der Waals surface area contributed by atoms with Gasteiger partial charge in [0.05, 0.1) is 35.9 Å². The van der Waals surface area contributed by atoms with Crippen LogP contribution >= 0.6 is 0 Å². The summed E-state index contributed by atoms with van der Waals surface area (Å²) in [6, 6.07) is 10.1. The first-order chi connectivity index (χ1) is 16.5. The number of nitriles is 5. The molecule has 7 nitrogen and oxygen atoms in total. The first-order valence-corrected chi connectivity index (χ1v) is 11.5. The van der Waals surface area contributed by atoms with E-state index in [-0.39, 0.29) is 23.1 Å². The molecule has 0 spiro atoms. The minimum atomic E-state index is -0.0143. The zero-order valence-electron chi connectivity index (χ0n) is 19.7. The Balaban J connectivity index is 1.81. The Bertz CT molecular complexity index is 1070. The van der Waals surface area contributed by atoms with Crippen molar-refractivity contribution < 1.29 is 0 Å². The highest BCUT2D eigenvalue weighted by atomic mass is 14.9. The van der Waals surface area contributed by atoms with Crippen LogP contribution in [-0.4, -0.2) is 6.54 Å². The van der Waals surface area contributed by atoms with E-state index in [0.29, 0.717) is 28.7 Å². The van der Waals surface area contributed by atoms with Crippen molar-refractivity contribution in [3.8, 4) is 30.3 Å². The summed E-state index contributed by atoms with van der Waals surface area (Å²) in [7, 11) is 0. The van der Waals surface area contributed by atoms with E-state index in [1.165, 1.54) is 0 Å². The topological polar surface area (TPSA) is 135 Å². The summed E-state index contributed by atoms with van der Waals surface area (Å²) >= 11 is 0. The molecule has 0 amide bonds. The highest BCUT2D eigenvalue weighted by molar-refractivity contribution is 5.60. The van der Waals surface area contributed by atoms with Crippen LogP contribution in [0.5, 0.6) is 0 Å². The van der Waals surface area contributed by atoms with Crippen LogP contribution in [0.2, 0.25) is 0 Å². The van der Waals surface area contributed by atoms with Gasteiger partial charge in [0, 0.05) is 17.8 Å². The number of rotatable bonds is 9. The summed E-state index contributed by atoms with van der Waals surface area (Å²) in [5, 5.41) is 50.0. The molecule has 0 aromatic carbocycles. The van der Waals surface area contributed by atoms with Crippen LogP contribution in [0.4, 0.5) is 0 Å². The van der Waals surface area contributed by atoms with Gasteiger partial charge < -0.3 is 5.32 Å². The van der Waals surface area contributed by atoms with E-state index in [1.807, 2.05) is 32.1 Å². The second-order valence-electron chi connectivity index (χ2n) is 8.71. The summed E-state index contributed by atoms with van der Waals surface area (Å²) < 4.78 is 0. The summed E-state index contributed by atoms with van der Waals surface area (Å²) in [5.41, 5.74) is 4.09. The molecular formula is C27H27N7. The van der Waals surface area contributed by atoms with Crippen molar-refractivity contribution in [2.75, 3.05) is 6.54 Å². The molecular weight excluding hydrogens is 422 g/mol. The fourth-order valence-electron chi connectivity index (χ4n) is 4.83. The predicted molar refractivity (Wildman–Crippen MR) is 126 cm³/mol. The maximum atomic E-state index is 9.56. The molecule has 0 fully saturated rings. The van der Waals surface area contributed by atoms with Crippen molar-refractivity contribution in [1.82, 2.24) is 5.32 Å². The van der Waals surface area contributed by atoms with Crippen LogP contribution in [0.25, 0.3) is 4.85 Å². The summed E-state index contributed by atoms with van der Waals surface area (Å²) in [6.07, 6.45) is 7.23. The molecule has 2 rings (SSSR count). The van der Waals surface area contributed by atoms with E-state index >= 15 is 0 Å². The molecule has 2 atom stereocenters. The van der Waals surface area contributed by atoms with Gasteiger partial charge in [-0.05, 0) is 49.5 Å². The Morgan fingerprint density at radius 1 is 0.853 bits per heavy atom. The Hall–Kier alpha value is -4.30. The van der Waals surface area contributed by atoms with Crippen LogP contribution < -0.4 is 5.32 Å². The standard InChI is InChI=1S/C27H27N7/c1-18-11-20(22(15-30)26(18)21(13-28)14-29)9-7-5-4-6-8-10-34-24-12-19(2)27(23(24)16-31)25(17-32)33-3/h18-19,34H,4-12H2,1-2H3/b27-25+. The third-order valence-electron chi connectivity index (χ3n) is 6.43.